The molecule has 9 aromatic rings. The zero-order valence-electron chi connectivity index (χ0n) is 29.3. The summed E-state index contributed by atoms with van der Waals surface area (Å²) in [5, 5.41) is 1.04. The van der Waals surface area contributed by atoms with Crippen LogP contribution in [-0.4, -0.2) is 9.97 Å². The molecule has 1 aliphatic carbocycles. The molecule has 0 unspecified atom stereocenters. The number of aromatic nitrogens is 2. The van der Waals surface area contributed by atoms with Gasteiger partial charge in [0.15, 0.2) is 5.82 Å². The summed E-state index contributed by atoms with van der Waals surface area (Å²) in [6.45, 7) is 0. The minimum atomic E-state index is -0.394. The Kier molecular flexibility index (Phi) is 7.05. The highest BCUT2D eigenvalue weighted by molar-refractivity contribution is 7.99. The predicted molar refractivity (Wildman–Crippen MR) is 223 cm³/mol. The summed E-state index contributed by atoms with van der Waals surface area (Å²) in [5.74, 6) is 0.721. The fraction of sp³-hybridized carbons (Fsp3) is 0.0196. The molecule has 2 heterocycles. The topological polar surface area (TPSA) is 25.8 Å². The molecule has 0 fully saturated rings. The number of fused-ring (bicyclic) bond motifs is 10. The van der Waals surface area contributed by atoms with Crippen LogP contribution in [0.5, 0.6) is 0 Å². The van der Waals surface area contributed by atoms with Crippen molar-refractivity contribution in [3.63, 3.8) is 0 Å². The smallest absolute Gasteiger partial charge is 0.160 e. The lowest BCUT2D eigenvalue weighted by Gasteiger charge is -2.40. The first-order chi connectivity index (χ1) is 26.8. The van der Waals surface area contributed by atoms with Crippen molar-refractivity contribution in [1.82, 2.24) is 9.97 Å². The monoisotopic (exact) mass is 704 g/mol. The third-order valence-electron chi connectivity index (χ3n) is 11.2. The normalized spacial score (nSPS) is 13.3. The number of nitrogens with zero attached hydrogens (tertiary/aromatic N) is 2. The first-order valence-corrected chi connectivity index (χ1v) is 19.2. The van der Waals surface area contributed by atoms with E-state index in [0.29, 0.717) is 0 Å². The lowest BCUT2D eigenvalue weighted by molar-refractivity contribution is 0.723. The Hall–Kier alpha value is -6.55. The van der Waals surface area contributed by atoms with Crippen LogP contribution in [-0.2, 0) is 5.41 Å². The fourth-order valence-corrected chi connectivity index (χ4v) is 9.90. The summed E-state index contributed by atoms with van der Waals surface area (Å²) in [5.41, 5.74) is 16.3. The molecule has 0 atom stereocenters. The average Bonchev–Trinajstić information content (AvgIpc) is 3.54. The van der Waals surface area contributed by atoms with E-state index in [1.54, 1.807) is 0 Å². The SMILES string of the molecule is c1ccc(-c2ccc(-c3nc(-c4ccc(-c5ccc6c(c5)C5(c7ccccc7S6)c6ccccc6-c6ccccc65)cc4)nc4ccccc34)cc2)cc1. The van der Waals surface area contributed by atoms with Crippen molar-refractivity contribution in [2.45, 2.75) is 15.2 Å². The largest absolute Gasteiger partial charge is 0.228 e. The van der Waals surface area contributed by atoms with E-state index in [9.17, 15) is 0 Å². The van der Waals surface area contributed by atoms with Gasteiger partial charge in [0.1, 0.15) is 0 Å². The van der Waals surface area contributed by atoms with E-state index in [0.717, 1.165) is 39.1 Å². The van der Waals surface area contributed by atoms with Crippen LogP contribution in [0.1, 0.15) is 22.3 Å². The van der Waals surface area contributed by atoms with Gasteiger partial charge >= 0.3 is 0 Å². The van der Waals surface area contributed by atoms with E-state index in [-0.39, 0.29) is 0 Å². The summed E-state index contributed by atoms with van der Waals surface area (Å²) in [7, 11) is 0. The first kappa shape index (κ1) is 31.0. The van der Waals surface area contributed by atoms with Crippen LogP contribution in [0.3, 0.4) is 0 Å². The Morgan fingerprint density at radius 2 is 0.870 bits per heavy atom. The Morgan fingerprint density at radius 3 is 1.61 bits per heavy atom. The van der Waals surface area contributed by atoms with Crippen molar-refractivity contribution >= 4 is 22.7 Å². The highest BCUT2D eigenvalue weighted by Gasteiger charge is 2.50. The lowest BCUT2D eigenvalue weighted by Crippen LogP contribution is -2.32. The average molecular weight is 705 g/mol. The maximum Gasteiger partial charge on any atom is 0.160 e. The minimum absolute atomic E-state index is 0.394. The quantitative estimate of drug-likeness (QED) is 0.182. The number of hydrogen-bond donors (Lipinski definition) is 0. The summed E-state index contributed by atoms with van der Waals surface area (Å²) >= 11 is 1.88. The van der Waals surface area contributed by atoms with E-state index >= 15 is 0 Å². The molecule has 1 aliphatic heterocycles. The van der Waals surface area contributed by atoms with Gasteiger partial charge in [-0.25, -0.2) is 9.97 Å². The van der Waals surface area contributed by atoms with E-state index < -0.39 is 5.41 Å². The second kappa shape index (κ2) is 12.3. The molecule has 2 nitrogen and oxygen atoms in total. The second-order valence-electron chi connectivity index (χ2n) is 14.1. The second-order valence-corrected chi connectivity index (χ2v) is 15.2. The molecule has 2 aliphatic rings. The minimum Gasteiger partial charge on any atom is -0.228 e. The Balaban J connectivity index is 1.01. The van der Waals surface area contributed by atoms with Crippen molar-refractivity contribution < 1.29 is 0 Å². The van der Waals surface area contributed by atoms with Crippen molar-refractivity contribution in [1.29, 1.82) is 0 Å². The van der Waals surface area contributed by atoms with Crippen molar-refractivity contribution in [3.05, 3.63) is 216 Å². The fourth-order valence-electron chi connectivity index (χ4n) is 8.72. The van der Waals surface area contributed by atoms with Gasteiger partial charge in [0.25, 0.3) is 0 Å². The Morgan fingerprint density at radius 1 is 0.352 bits per heavy atom. The van der Waals surface area contributed by atoms with Crippen LogP contribution >= 0.6 is 11.8 Å². The van der Waals surface area contributed by atoms with Gasteiger partial charge in [-0.3, -0.25) is 0 Å². The molecule has 0 amide bonds. The van der Waals surface area contributed by atoms with Crippen LogP contribution in [0.15, 0.2) is 204 Å². The van der Waals surface area contributed by atoms with Gasteiger partial charge in [-0.1, -0.05) is 182 Å². The number of hydrogen-bond acceptors (Lipinski definition) is 3. The van der Waals surface area contributed by atoms with Gasteiger partial charge in [-0.05, 0) is 79.9 Å². The molecule has 0 saturated carbocycles. The molecular weight excluding hydrogens is 673 g/mol. The maximum atomic E-state index is 5.20. The van der Waals surface area contributed by atoms with Gasteiger partial charge in [-0.2, -0.15) is 0 Å². The summed E-state index contributed by atoms with van der Waals surface area (Å²) in [6.07, 6.45) is 0. The molecule has 8 aromatic carbocycles. The Bertz CT molecular complexity index is 2850. The Labute approximate surface area is 318 Å². The maximum absolute atomic E-state index is 5.20. The highest BCUT2D eigenvalue weighted by Crippen LogP contribution is 2.62. The predicted octanol–water partition coefficient (Wildman–Crippen LogP) is 13.1. The summed E-state index contributed by atoms with van der Waals surface area (Å²) in [6, 6.07) is 70.2. The molecule has 0 bridgehead atoms. The third kappa shape index (κ3) is 4.68. The zero-order chi connectivity index (χ0) is 35.6. The molecule has 0 radical (unpaired) electrons. The van der Waals surface area contributed by atoms with Crippen LogP contribution in [0.25, 0.3) is 66.9 Å². The molecule has 11 rings (SSSR count). The molecule has 0 saturated heterocycles. The summed E-state index contributed by atoms with van der Waals surface area (Å²) in [4.78, 5) is 12.9. The van der Waals surface area contributed by atoms with Crippen molar-refractivity contribution in [3.8, 4) is 56.0 Å². The van der Waals surface area contributed by atoms with Crippen LogP contribution in [0.2, 0.25) is 0 Å². The van der Waals surface area contributed by atoms with Gasteiger partial charge in [0, 0.05) is 26.3 Å². The first-order valence-electron chi connectivity index (χ1n) is 18.4. The molecule has 54 heavy (non-hydrogen) atoms. The van der Waals surface area contributed by atoms with Gasteiger partial charge in [-0.15, -0.1) is 0 Å². The van der Waals surface area contributed by atoms with Gasteiger partial charge in [0.2, 0.25) is 0 Å². The number of rotatable bonds is 4. The number of para-hydroxylation sites is 1. The standard InChI is InChI=1S/C51H32N2S/c1-2-12-33(13-3-1)34-22-26-36(27-23-34)49-41-16-6-10-20-46(41)52-50(53-49)37-28-24-35(25-29-37)38-30-31-48-45(32-38)51(44-19-9-11-21-47(44)54-48)42-17-7-4-14-39(42)40-15-5-8-18-43(40)51/h1-32H. The molecular formula is C51H32N2S. The van der Waals surface area contributed by atoms with E-state index in [1.807, 2.05) is 23.9 Å². The zero-order valence-corrected chi connectivity index (χ0v) is 30.1. The van der Waals surface area contributed by atoms with E-state index in [1.165, 1.54) is 59.9 Å². The molecule has 1 spiro atoms. The van der Waals surface area contributed by atoms with E-state index in [4.69, 9.17) is 9.97 Å². The lowest BCUT2D eigenvalue weighted by atomic mass is 9.67. The van der Waals surface area contributed by atoms with Crippen molar-refractivity contribution in [2.24, 2.45) is 0 Å². The van der Waals surface area contributed by atoms with Crippen LogP contribution in [0.4, 0.5) is 0 Å². The number of benzene rings is 8. The van der Waals surface area contributed by atoms with E-state index in [2.05, 4.69) is 182 Å². The van der Waals surface area contributed by atoms with Crippen LogP contribution < -0.4 is 0 Å². The highest BCUT2D eigenvalue weighted by atomic mass is 32.2. The van der Waals surface area contributed by atoms with Crippen molar-refractivity contribution in [2.75, 3.05) is 0 Å². The molecule has 0 N–H and O–H groups in total. The third-order valence-corrected chi connectivity index (χ3v) is 12.3. The molecule has 1 aromatic heterocycles. The molecule has 3 heteroatoms. The van der Waals surface area contributed by atoms with Crippen LogP contribution in [0, 0.1) is 0 Å². The van der Waals surface area contributed by atoms with Gasteiger partial charge in [0.05, 0.1) is 16.6 Å². The summed E-state index contributed by atoms with van der Waals surface area (Å²) < 4.78 is 0. The van der Waals surface area contributed by atoms with Gasteiger partial charge < -0.3 is 0 Å². The molecule has 252 valence electrons.